The largest absolute Gasteiger partial charge is 0.507 e. The summed E-state index contributed by atoms with van der Waals surface area (Å²) in [5.41, 5.74) is 4.93. The zero-order chi connectivity index (χ0) is 21.4. The molecule has 2 aromatic carbocycles. The number of carbonyl (C=O) groups is 1. The van der Waals surface area contributed by atoms with Gasteiger partial charge in [0.2, 0.25) is 0 Å². The van der Waals surface area contributed by atoms with Crippen molar-refractivity contribution in [2.24, 2.45) is 5.92 Å². The summed E-state index contributed by atoms with van der Waals surface area (Å²) in [6.07, 6.45) is 2.38. The van der Waals surface area contributed by atoms with E-state index in [1.165, 1.54) is 17.7 Å². The molecule has 3 N–H and O–H groups in total. The number of benzene rings is 2. The number of rotatable bonds is 4. The Morgan fingerprint density at radius 2 is 1.90 bits per heavy atom. The zero-order valence-corrected chi connectivity index (χ0v) is 18.3. The minimum Gasteiger partial charge on any atom is -0.507 e. The van der Waals surface area contributed by atoms with Crippen LogP contribution < -0.4 is 10.2 Å². The van der Waals surface area contributed by atoms with Gasteiger partial charge < -0.3 is 19.7 Å². The maximum absolute atomic E-state index is 13.3. The van der Waals surface area contributed by atoms with Crippen LogP contribution in [0.4, 0.5) is 5.69 Å². The lowest BCUT2D eigenvalue weighted by Crippen LogP contribution is -3.11. The highest BCUT2D eigenvalue weighted by molar-refractivity contribution is 6.14. The normalized spacial score (nSPS) is 19.2. The summed E-state index contributed by atoms with van der Waals surface area (Å²) in [4.78, 5) is 14.7. The van der Waals surface area contributed by atoms with E-state index in [-0.39, 0.29) is 11.7 Å². The van der Waals surface area contributed by atoms with E-state index < -0.39 is 0 Å². The van der Waals surface area contributed by atoms with Crippen LogP contribution in [0.5, 0.6) is 5.75 Å². The molecule has 1 fully saturated rings. The summed E-state index contributed by atoms with van der Waals surface area (Å²) >= 11 is 0. The predicted octanol–water partition coefficient (Wildman–Crippen LogP) is 4.13. The number of likely N-dealkylation sites (tertiary alicyclic amines) is 1. The smallest absolute Gasteiger partial charge is 0.259 e. The monoisotopic (exact) mass is 407 g/mol. The highest BCUT2D eigenvalue weighted by Gasteiger charge is 2.27. The minimum atomic E-state index is -0.202. The summed E-state index contributed by atoms with van der Waals surface area (Å²) in [5.74, 6) is 1.36. The molecule has 5 nitrogen and oxygen atoms in total. The van der Waals surface area contributed by atoms with Gasteiger partial charge in [-0.3, -0.25) is 4.79 Å². The molecule has 1 aliphatic rings. The number of carbonyl (C=O) groups excluding carboxylic acids is 1. The first kappa shape index (κ1) is 20.5. The van der Waals surface area contributed by atoms with Gasteiger partial charge in [-0.2, -0.15) is 0 Å². The van der Waals surface area contributed by atoms with Crippen molar-refractivity contribution in [2.75, 3.05) is 18.4 Å². The molecule has 4 rings (SSSR count). The minimum absolute atomic E-state index is 0.202. The molecule has 0 aliphatic carbocycles. The molecule has 1 aliphatic heterocycles. The average Bonchev–Trinajstić information content (AvgIpc) is 3.04. The first-order valence-corrected chi connectivity index (χ1v) is 10.8. The van der Waals surface area contributed by atoms with E-state index in [9.17, 15) is 9.90 Å². The number of amides is 1. The van der Waals surface area contributed by atoms with Gasteiger partial charge >= 0.3 is 0 Å². The number of anilines is 1. The van der Waals surface area contributed by atoms with Crippen LogP contribution in [-0.4, -0.2) is 24.1 Å². The van der Waals surface area contributed by atoms with Gasteiger partial charge in [-0.15, -0.1) is 0 Å². The van der Waals surface area contributed by atoms with Crippen molar-refractivity contribution in [3.63, 3.8) is 0 Å². The second kappa shape index (κ2) is 8.15. The lowest BCUT2D eigenvalue weighted by Gasteiger charge is -2.27. The molecule has 3 aromatic rings. The van der Waals surface area contributed by atoms with Crippen molar-refractivity contribution in [3.05, 3.63) is 58.3 Å². The highest BCUT2D eigenvalue weighted by Crippen LogP contribution is 2.34. The summed E-state index contributed by atoms with van der Waals surface area (Å²) in [6, 6.07) is 9.40. The van der Waals surface area contributed by atoms with E-state index >= 15 is 0 Å². The number of phenols is 1. The highest BCUT2D eigenvalue weighted by atomic mass is 16.3. The van der Waals surface area contributed by atoms with Crippen LogP contribution >= 0.6 is 0 Å². The summed E-state index contributed by atoms with van der Waals surface area (Å²) in [5, 5.41) is 14.5. The fraction of sp³-hybridized carbons (Fsp3) is 0.400. The molecule has 158 valence electrons. The van der Waals surface area contributed by atoms with Gasteiger partial charge in [0.1, 0.15) is 23.6 Å². The third-order valence-electron chi connectivity index (χ3n) is 6.38. The van der Waals surface area contributed by atoms with Crippen LogP contribution in [0.2, 0.25) is 0 Å². The van der Waals surface area contributed by atoms with E-state index in [2.05, 4.69) is 12.2 Å². The van der Waals surface area contributed by atoms with Crippen molar-refractivity contribution in [1.82, 2.24) is 0 Å². The van der Waals surface area contributed by atoms with Crippen LogP contribution in [0, 0.1) is 26.7 Å². The Kier molecular flexibility index (Phi) is 5.56. The maximum atomic E-state index is 13.3. The van der Waals surface area contributed by atoms with E-state index in [0.717, 1.165) is 46.8 Å². The first-order valence-electron chi connectivity index (χ1n) is 10.8. The van der Waals surface area contributed by atoms with E-state index in [1.54, 1.807) is 12.1 Å². The lowest BCUT2D eigenvalue weighted by molar-refractivity contribution is -0.919. The van der Waals surface area contributed by atoms with Gasteiger partial charge in [0.05, 0.1) is 24.2 Å². The molecular weight excluding hydrogens is 376 g/mol. The van der Waals surface area contributed by atoms with Crippen molar-refractivity contribution in [2.45, 2.75) is 47.1 Å². The zero-order valence-electron chi connectivity index (χ0n) is 18.3. The third-order valence-corrected chi connectivity index (χ3v) is 6.38. The average molecular weight is 408 g/mol. The van der Waals surface area contributed by atoms with Gasteiger partial charge in [0.15, 0.2) is 0 Å². The Balaban J connectivity index is 1.71. The lowest BCUT2D eigenvalue weighted by atomic mass is 9.97. The van der Waals surface area contributed by atoms with Gasteiger partial charge in [-0.1, -0.05) is 24.6 Å². The Labute approximate surface area is 177 Å². The van der Waals surface area contributed by atoms with E-state index in [1.807, 2.05) is 39.0 Å². The molecule has 30 heavy (non-hydrogen) atoms. The van der Waals surface area contributed by atoms with Crippen molar-refractivity contribution in [3.8, 4) is 5.75 Å². The molecular formula is C25H31N2O3+. The number of nitrogens with one attached hydrogen (secondary N) is 2. The molecule has 0 saturated carbocycles. The number of hydrogen-bond acceptors (Lipinski definition) is 3. The van der Waals surface area contributed by atoms with Crippen LogP contribution in [0.1, 0.15) is 52.6 Å². The number of quaternary nitrogens is 1. The van der Waals surface area contributed by atoms with Gasteiger partial charge in [0, 0.05) is 11.1 Å². The van der Waals surface area contributed by atoms with Crippen molar-refractivity contribution >= 4 is 22.6 Å². The molecule has 0 unspecified atom stereocenters. The fourth-order valence-corrected chi connectivity index (χ4v) is 4.55. The number of furan rings is 1. The predicted molar refractivity (Wildman–Crippen MR) is 119 cm³/mol. The standard InChI is InChI=1S/C25H30N2O3/c1-15-9-11-27(12-10-15)14-19-21(28)7-8-22-24(19)23(18(4)30-22)25(29)26-20-6-5-16(2)13-17(20)3/h5-8,13,15,28H,9-12,14H2,1-4H3,(H,26,29)/p+1. The summed E-state index contributed by atoms with van der Waals surface area (Å²) in [7, 11) is 0. The van der Waals surface area contributed by atoms with Crippen LogP contribution in [0.3, 0.4) is 0 Å². The fourth-order valence-electron chi connectivity index (χ4n) is 4.55. The van der Waals surface area contributed by atoms with Gasteiger partial charge in [0.25, 0.3) is 5.91 Å². The molecule has 0 bridgehead atoms. The van der Waals surface area contributed by atoms with Gasteiger partial charge in [-0.05, 0) is 63.3 Å². The Morgan fingerprint density at radius 1 is 1.17 bits per heavy atom. The Morgan fingerprint density at radius 3 is 2.60 bits per heavy atom. The molecule has 2 heterocycles. The number of phenolic OH excluding ortho intramolecular Hbond substituents is 1. The quantitative estimate of drug-likeness (QED) is 0.609. The Hall–Kier alpha value is -2.79. The number of piperidine rings is 1. The second-order valence-electron chi connectivity index (χ2n) is 8.85. The van der Waals surface area contributed by atoms with Crippen molar-refractivity contribution < 1.29 is 19.2 Å². The molecule has 0 radical (unpaired) electrons. The van der Waals surface area contributed by atoms with Crippen molar-refractivity contribution in [1.29, 1.82) is 0 Å². The van der Waals surface area contributed by atoms with Gasteiger partial charge in [-0.25, -0.2) is 0 Å². The maximum Gasteiger partial charge on any atom is 0.259 e. The Bertz CT molecular complexity index is 1090. The number of aromatic hydroxyl groups is 1. The van der Waals surface area contributed by atoms with Crippen LogP contribution in [0.15, 0.2) is 34.7 Å². The third kappa shape index (κ3) is 3.94. The molecule has 0 atom stereocenters. The molecule has 5 heteroatoms. The number of fused-ring (bicyclic) bond motifs is 1. The topological polar surface area (TPSA) is 66.9 Å². The number of aryl methyl sites for hydroxylation is 3. The number of hydrogen-bond donors (Lipinski definition) is 3. The molecule has 1 amide bonds. The molecule has 1 saturated heterocycles. The van der Waals surface area contributed by atoms with E-state index in [4.69, 9.17) is 4.42 Å². The first-order chi connectivity index (χ1) is 14.3. The summed E-state index contributed by atoms with van der Waals surface area (Å²) < 4.78 is 5.93. The second-order valence-corrected chi connectivity index (χ2v) is 8.85. The summed E-state index contributed by atoms with van der Waals surface area (Å²) in [6.45, 7) is 11.0. The molecule has 0 spiro atoms. The van der Waals surface area contributed by atoms with E-state index in [0.29, 0.717) is 23.5 Å². The molecule has 1 aromatic heterocycles. The SMILES string of the molecule is Cc1ccc(NC(=O)c2c(C)oc3ccc(O)c(C[NH+]4CCC(C)CC4)c23)c(C)c1. The van der Waals surface area contributed by atoms with Crippen LogP contribution in [-0.2, 0) is 6.54 Å². The van der Waals surface area contributed by atoms with Crippen LogP contribution in [0.25, 0.3) is 11.0 Å².